The van der Waals surface area contributed by atoms with Crippen molar-refractivity contribution < 1.29 is 17.4 Å². The molecule has 0 fully saturated rings. The van der Waals surface area contributed by atoms with Gasteiger partial charge in [-0.3, -0.25) is 4.79 Å². The monoisotopic (exact) mass is 425 g/mol. The average Bonchev–Trinajstić information content (AvgIpc) is 2.76. The molecule has 0 aliphatic rings. The average molecular weight is 426 g/mol. The summed E-state index contributed by atoms with van der Waals surface area (Å²) in [5, 5.41) is 1.94. The van der Waals surface area contributed by atoms with E-state index in [0.717, 1.165) is 22.8 Å². The van der Waals surface area contributed by atoms with Gasteiger partial charge in [-0.25, -0.2) is 0 Å². The molecule has 0 N–H and O–H groups in total. The zero-order chi connectivity index (χ0) is 21.7. The molecule has 158 valence electrons. The van der Waals surface area contributed by atoms with Crippen LogP contribution in [0, 0.1) is 0 Å². The fourth-order valence-corrected chi connectivity index (χ4v) is 3.83. The molecule has 0 aromatic heterocycles. The molecule has 30 heavy (non-hydrogen) atoms. The Morgan fingerprint density at radius 2 is 1.70 bits per heavy atom. The van der Waals surface area contributed by atoms with Gasteiger partial charge in [-0.15, -0.1) is 0 Å². The highest BCUT2D eigenvalue weighted by Gasteiger charge is 2.22. The van der Waals surface area contributed by atoms with Gasteiger partial charge in [-0.1, -0.05) is 55.5 Å². The standard InChI is InChI=1S/C24H27NO4S/c1-4-18(3)25(17-19-10-8-13-21(16-19)29-30(27,28)5-2)24(26)23-15-9-12-20-11-6-7-14-22(20)23/h6-16,18H,4-5,17H2,1-3H3/t18-/m0/s1. The van der Waals surface area contributed by atoms with E-state index in [0.29, 0.717) is 12.1 Å². The second-order valence-corrected chi connectivity index (χ2v) is 9.15. The number of fused-ring (bicyclic) bond motifs is 1. The summed E-state index contributed by atoms with van der Waals surface area (Å²) in [5.74, 6) is 0.111. The van der Waals surface area contributed by atoms with Crippen LogP contribution in [0.4, 0.5) is 0 Å². The van der Waals surface area contributed by atoms with E-state index in [4.69, 9.17) is 4.18 Å². The van der Waals surface area contributed by atoms with Crippen molar-refractivity contribution in [3.8, 4) is 5.75 Å². The van der Waals surface area contributed by atoms with E-state index in [-0.39, 0.29) is 23.5 Å². The van der Waals surface area contributed by atoms with Crippen LogP contribution in [-0.4, -0.2) is 31.0 Å². The zero-order valence-corrected chi connectivity index (χ0v) is 18.4. The summed E-state index contributed by atoms with van der Waals surface area (Å²) >= 11 is 0. The molecular formula is C24H27NO4S. The van der Waals surface area contributed by atoms with Gasteiger partial charge in [0.15, 0.2) is 0 Å². The van der Waals surface area contributed by atoms with Gasteiger partial charge in [0.25, 0.3) is 5.91 Å². The molecular weight excluding hydrogens is 398 g/mol. The van der Waals surface area contributed by atoms with Gasteiger partial charge in [-0.2, -0.15) is 8.42 Å². The van der Waals surface area contributed by atoms with Crippen LogP contribution in [0.1, 0.15) is 43.1 Å². The molecule has 6 heteroatoms. The molecule has 0 aliphatic carbocycles. The Balaban J connectivity index is 1.93. The molecule has 1 atom stereocenters. The largest absolute Gasteiger partial charge is 0.382 e. The van der Waals surface area contributed by atoms with Crippen LogP contribution in [0.3, 0.4) is 0 Å². The summed E-state index contributed by atoms with van der Waals surface area (Å²) in [4.78, 5) is 15.4. The minimum absolute atomic E-state index is 0.0143. The lowest BCUT2D eigenvalue weighted by molar-refractivity contribution is 0.0673. The van der Waals surface area contributed by atoms with Gasteiger partial charge in [0.05, 0.1) is 5.75 Å². The second-order valence-electron chi connectivity index (χ2n) is 7.29. The van der Waals surface area contributed by atoms with Crippen LogP contribution >= 0.6 is 0 Å². The van der Waals surface area contributed by atoms with E-state index in [1.165, 1.54) is 6.92 Å². The van der Waals surface area contributed by atoms with Crippen molar-refractivity contribution >= 4 is 26.8 Å². The Labute approximate surface area is 178 Å². The highest BCUT2D eigenvalue weighted by atomic mass is 32.2. The maximum atomic E-state index is 13.5. The Bertz CT molecular complexity index is 1140. The first-order chi connectivity index (χ1) is 14.3. The van der Waals surface area contributed by atoms with E-state index in [1.807, 2.05) is 67.3 Å². The molecule has 0 aliphatic heterocycles. The third-order valence-corrected chi connectivity index (χ3v) is 6.39. The first-order valence-corrected chi connectivity index (χ1v) is 11.7. The summed E-state index contributed by atoms with van der Waals surface area (Å²) in [6, 6.07) is 20.5. The van der Waals surface area contributed by atoms with E-state index in [2.05, 4.69) is 0 Å². The number of hydrogen-bond acceptors (Lipinski definition) is 4. The number of amides is 1. The molecule has 0 unspecified atom stereocenters. The second kappa shape index (κ2) is 9.30. The molecule has 0 bridgehead atoms. The van der Waals surface area contributed by atoms with Crippen molar-refractivity contribution in [2.45, 2.75) is 39.8 Å². The molecule has 5 nitrogen and oxygen atoms in total. The lowest BCUT2D eigenvalue weighted by Gasteiger charge is -2.29. The fraction of sp³-hybridized carbons (Fsp3) is 0.292. The van der Waals surface area contributed by atoms with Crippen molar-refractivity contribution in [2.75, 3.05) is 5.75 Å². The van der Waals surface area contributed by atoms with Gasteiger partial charge in [0.1, 0.15) is 5.75 Å². The summed E-state index contributed by atoms with van der Waals surface area (Å²) in [7, 11) is -3.60. The van der Waals surface area contributed by atoms with Crippen LogP contribution in [0.2, 0.25) is 0 Å². The van der Waals surface area contributed by atoms with Crippen molar-refractivity contribution in [1.29, 1.82) is 0 Å². The summed E-state index contributed by atoms with van der Waals surface area (Å²) in [5.41, 5.74) is 1.47. The van der Waals surface area contributed by atoms with Crippen LogP contribution in [-0.2, 0) is 16.7 Å². The Morgan fingerprint density at radius 1 is 1.00 bits per heavy atom. The molecule has 0 saturated heterocycles. The van der Waals surface area contributed by atoms with Crippen molar-refractivity contribution in [2.24, 2.45) is 0 Å². The lowest BCUT2D eigenvalue weighted by atomic mass is 10.0. The van der Waals surface area contributed by atoms with Crippen LogP contribution in [0.25, 0.3) is 10.8 Å². The molecule has 0 saturated carbocycles. The molecule has 0 heterocycles. The number of nitrogens with zero attached hydrogens (tertiary/aromatic N) is 1. The Morgan fingerprint density at radius 3 is 2.43 bits per heavy atom. The van der Waals surface area contributed by atoms with Gasteiger partial charge < -0.3 is 9.08 Å². The van der Waals surface area contributed by atoms with Crippen molar-refractivity contribution in [3.63, 3.8) is 0 Å². The fourth-order valence-electron chi connectivity index (χ4n) is 3.31. The SMILES string of the molecule is CC[C@H](C)N(Cc1cccc(OS(=O)(=O)CC)c1)C(=O)c1cccc2ccccc12. The first kappa shape index (κ1) is 21.8. The number of hydrogen-bond donors (Lipinski definition) is 0. The topological polar surface area (TPSA) is 63.7 Å². The maximum Gasteiger partial charge on any atom is 0.308 e. The highest BCUT2D eigenvalue weighted by molar-refractivity contribution is 7.87. The summed E-state index contributed by atoms with van der Waals surface area (Å²) in [6.45, 7) is 5.96. The molecule has 3 rings (SSSR count). The quantitative estimate of drug-likeness (QED) is 0.476. The molecule has 1 amide bonds. The number of carbonyl (C=O) groups excluding carboxylic acids is 1. The van der Waals surface area contributed by atoms with Gasteiger partial charge in [0, 0.05) is 18.2 Å². The minimum Gasteiger partial charge on any atom is -0.382 e. The van der Waals surface area contributed by atoms with E-state index in [1.54, 1.807) is 18.2 Å². The van der Waals surface area contributed by atoms with Gasteiger partial charge >= 0.3 is 10.1 Å². The van der Waals surface area contributed by atoms with E-state index in [9.17, 15) is 13.2 Å². The molecule has 3 aromatic carbocycles. The number of carbonyl (C=O) groups is 1. The first-order valence-electron chi connectivity index (χ1n) is 10.1. The smallest absolute Gasteiger partial charge is 0.308 e. The minimum atomic E-state index is -3.60. The third-order valence-electron chi connectivity index (χ3n) is 5.23. The van der Waals surface area contributed by atoms with E-state index < -0.39 is 10.1 Å². The number of benzene rings is 3. The van der Waals surface area contributed by atoms with Crippen molar-refractivity contribution in [3.05, 3.63) is 77.9 Å². The molecule has 0 spiro atoms. The third kappa shape index (κ3) is 5.00. The van der Waals surface area contributed by atoms with Crippen LogP contribution in [0.5, 0.6) is 5.75 Å². The predicted molar refractivity (Wildman–Crippen MR) is 120 cm³/mol. The summed E-state index contributed by atoms with van der Waals surface area (Å²) < 4.78 is 28.7. The highest BCUT2D eigenvalue weighted by Crippen LogP contribution is 2.24. The Hall–Kier alpha value is -2.86. The number of rotatable bonds is 8. The predicted octanol–water partition coefficient (Wildman–Crippen LogP) is 5.01. The van der Waals surface area contributed by atoms with Gasteiger partial charge in [0.2, 0.25) is 0 Å². The normalized spacial score (nSPS) is 12.5. The van der Waals surface area contributed by atoms with Crippen LogP contribution < -0.4 is 4.18 Å². The molecule has 3 aromatic rings. The maximum absolute atomic E-state index is 13.5. The Kier molecular flexibility index (Phi) is 6.77. The summed E-state index contributed by atoms with van der Waals surface area (Å²) in [6.07, 6.45) is 0.802. The van der Waals surface area contributed by atoms with Crippen molar-refractivity contribution in [1.82, 2.24) is 4.90 Å². The van der Waals surface area contributed by atoms with Crippen LogP contribution in [0.15, 0.2) is 66.7 Å². The zero-order valence-electron chi connectivity index (χ0n) is 17.5. The van der Waals surface area contributed by atoms with Gasteiger partial charge in [-0.05, 0) is 54.8 Å². The molecule has 0 radical (unpaired) electrons. The van der Waals surface area contributed by atoms with E-state index >= 15 is 0 Å². The lowest BCUT2D eigenvalue weighted by Crippen LogP contribution is -2.37.